The van der Waals surface area contributed by atoms with E-state index in [1.54, 1.807) is 6.08 Å². The summed E-state index contributed by atoms with van der Waals surface area (Å²) in [6.07, 6.45) is 2.02. The van der Waals surface area contributed by atoms with E-state index in [-0.39, 0.29) is 19.4 Å². The molecule has 0 spiro atoms. The van der Waals surface area contributed by atoms with Gasteiger partial charge in [0.1, 0.15) is 6.61 Å². The van der Waals surface area contributed by atoms with Crippen molar-refractivity contribution in [3.63, 3.8) is 0 Å². The first-order valence-corrected chi connectivity index (χ1v) is 14.6. The van der Waals surface area contributed by atoms with Gasteiger partial charge in [0.15, 0.2) is 5.41 Å². The van der Waals surface area contributed by atoms with Gasteiger partial charge in [0.25, 0.3) is 0 Å². The number of benzene rings is 8. The first-order valence-electron chi connectivity index (χ1n) is 14.6. The predicted molar refractivity (Wildman–Crippen MR) is 177 cm³/mol. The molecule has 0 aromatic heterocycles. The summed E-state index contributed by atoms with van der Waals surface area (Å²) in [5, 5.41) is 24.9. The third kappa shape index (κ3) is 3.91. The van der Waals surface area contributed by atoms with E-state index in [0.29, 0.717) is 0 Å². The van der Waals surface area contributed by atoms with Gasteiger partial charge < -0.3 is 4.74 Å². The third-order valence-corrected chi connectivity index (χ3v) is 8.99. The summed E-state index contributed by atoms with van der Waals surface area (Å²) in [6, 6.07) is 40.8. The Morgan fingerprint density at radius 1 is 0.628 bits per heavy atom. The third-order valence-electron chi connectivity index (χ3n) is 8.99. The van der Waals surface area contributed by atoms with E-state index in [2.05, 4.69) is 122 Å². The van der Waals surface area contributed by atoms with Crippen LogP contribution in [0.5, 0.6) is 0 Å². The van der Waals surface area contributed by atoms with Gasteiger partial charge in [-0.25, -0.2) is 0 Å². The number of esters is 1. The number of ether oxygens (including phenoxy) is 1. The Morgan fingerprint density at radius 3 is 1.33 bits per heavy atom. The molecule has 8 rings (SSSR count). The van der Waals surface area contributed by atoms with Gasteiger partial charge in [-0.2, -0.15) is 5.26 Å². The maximum Gasteiger partial charge on any atom is 0.327 e. The molecule has 43 heavy (non-hydrogen) atoms. The molecule has 0 aliphatic carbocycles. The predicted octanol–water partition coefficient (Wildman–Crippen LogP) is 9.51. The second-order valence-electron chi connectivity index (χ2n) is 11.7. The molecule has 0 fully saturated rings. The Bertz CT molecular complexity index is 2130. The molecule has 8 aromatic rings. The van der Waals surface area contributed by atoms with Crippen molar-refractivity contribution in [2.75, 3.05) is 6.61 Å². The van der Waals surface area contributed by atoms with Crippen LogP contribution in [0.2, 0.25) is 0 Å². The Morgan fingerprint density at radius 2 is 0.977 bits per heavy atom. The lowest BCUT2D eigenvalue weighted by Gasteiger charge is -2.26. The van der Waals surface area contributed by atoms with Gasteiger partial charge in [0, 0.05) is 12.8 Å². The zero-order chi connectivity index (χ0) is 29.1. The second kappa shape index (κ2) is 9.54. The minimum absolute atomic E-state index is 0.0587. The summed E-state index contributed by atoms with van der Waals surface area (Å²) in [5.74, 6) is -0.523. The summed E-state index contributed by atoms with van der Waals surface area (Å²) >= 11 is 0. The normalized spacial score (nSPS) is 12.2. The average Bonchev–Trinajstić information content (AvgIpc) is 3.04. The van der Waals surface area contributed by atoms with E-state index in [1.807, 2.05) is 0 Å². The quantitative estimate of drug-likeness (QED) is 0.112. The highest BCUT2D eigenvalue weighted by Gasteiger charge is 2.41. The van der Waals surface area contributed by atoms with Crippen LogP contribution in [0.4, 0.5) is 0 Å². The summed E-state index contributed by atoms with van der Waals surface area (Å²) < 4.78 is 5.61. The van der Waals surface area contributed by atoms with Gasteiger partial charge in [0.2, 0.25) is 0 Å². The van der Waals surface area contributed by atoms with Gasteiger partial charge in [-0.1, -0.05) is 122 Å². The number of hydrogen-bond donors (Lipinski definition) is 0. The van der Waals surface area contributed by atoms with E-state index in [1.165, 1.54) is 43.1 Å². The summed E-state index contributed by atoms with van der Waals surface area (Å²) in [7, 11) is 0. The molecule has 0 aliphatic heterocycles. The first kappa shape index (κ1) is 25.3. The zero-order valence-corrected chi connectivity index (χ0v) is 23.6. The Labute approximate surface area is 248 Å². The first-order chi connectivity index (χ1) is 21.1. The summed E-state index contributed by atoms with van der Waals surface area (Å²) in [4.78, 5) is 13.7. The monoisotopic (exact) mass is 553 g/mol. The van der Waals surface area contributed by atoms with Crippen LogP contribution in [0.25, 0.3) is 64.6 Å². The largest absolute Gasteiger partial charge is 0.460 e. The van der Waals surface area contributed by atoms with Gasteiger partial charge in [-0.3, -0.25) is 4.79 Å². The van der Waals surface area contributed by atoms with Crippen molar-refractivity contribution < 1.29 is 9.53 Å². The van der Waals surface area contributed by atoms with Crippen LogP contribution in [-0.4, -0.2) is 12.6 Å². The number of carbonyl (C=O) groups is 1. The highest BCUT2D eigenvalue weighted by Crippen LogP contribution is 2.39. The van der Waals surface area contributed by atoms with Gasteiger partial charge >= 0.3 is 5.97 Å². The summed E-state index contributed by atoms with van der Waals surface area (Å²) in [5.41, 5.74) is 0.450. The van der Waals surface area contributed by atoms with Crippen LogP contribution in [-0.2, 0) is 22.4 Å². The van der Waals surface area contributed by atoms with E-state index < -0.39 is 11.4 Å². The molecule has 3 heteroatoms. The topological polar surface area (TPSA) is 50.1 Å². The molecule has 0 aliphatic rings. The van der Waals surface area contributed by atoms with Crippen LogP contribution in [0.3, 0.4) is 0 Å². The van der Waals surface area contributed by atoms with E-state index in [9.17, 15) is 10.1 Å². The Hall–Kier alpha value is -5.46. The summed E-state index contributed by atoms with van der Waals surface area (Å²) in [6.45, 7) is 3.77. The number of nitriles is 1. The molecule has 0 atom stereocenters. The zero-order valence-electron chi connectivity index (χ0n) is 23.6. The minimum atomic E-state index is -1.41. The lowest BCUT2D eigenvalue weighted by Crippen LogP contribution is -2.36. The van der Waals surface area contributed by atoms with Gasteiger partial charge in [0.05, 0.1) is 6.07 Å². The molecule has 3 nitrogen and oxygen atoms in total. The van der Waals surface area contributed by atoms with Crippen LogP contribution < -0.4 is 0 Å². The molecule has 8 aromatic carbocycles. The van der Waals surface area contributed by atoms with Crippen molar-refractivity contribution in [3.05, 3.63) is 133 Å². The molecule has 0 amide bonds. The fourth-order valence-corrected chi connectivity index (χ4v) is 7.14. The van der Waals surface area contributed by atoms with Crippen LogP contribution in [0.15, 0.2) is 122 Å². The van der Waals surface area contributed by atoms with Crippen molar-refractivity contribution in [3.8, 4) is 6.07 Å². The van der Waals surface area contributed by atoms with Gasteiger partial charge in [-0.15, -0.1) is 0 Å². The number of rotatable bonds is 7. The fourth-order valence-electron chi connectivity index (χ4n) is 7.14. The van der Waals surface area contributed by atoms with E-state index in [0.717, 1.165) is 32.7 Å². The van der Waals surface area contributed by atoms with Crippen molar-refractivity contribution in [2.24, 2.45) is 5.41 Å². The molecule has 0 N–H and O–H groups in total. The molecular weight excluding hydrogens is 526 g/mol. The minimum Gasteiger partial charge on any atom is -0.460 e. The van der Waals surface area contributed by atoms with E-state index in [4.69, 9.17) is 4.74 Å². The highest BCUT2D eigenvalue weighted by molar-refractivity contribution is 6.24. The molecule has 0 radical (unpaired) electrons. The van der Waals surface area contributed by atoms with Gasteiger partial charge in [-0.05, 0) is 75.8 Å². The SMILES string of the molecule is C=CCOC(=O)C(C#N)(Cc1cc2ccc3cccc4ccc(c1)c2c34)Cc1cc2ccc3cccc4ccc(c1)c2c34. The lowest BCUT2D eigenvalue weighted by atomic mass is 9.76. The average molecular weight is 554 g/mol. The second-order valence-corrected chi connectivity index (χ2v) is 11.7. The fraction of sp³-hybridized carbons (Fsp3) is 0.100. The number of nitrogens with zero attached hydrogens (tertiary/aromatic N) is 1. The smallest absolute Gasteiger partial charge is 0.327 e. The number of hydrogen-bond acceptors (Lipinski definition) is 3. The molecule has 0 bridgehead atoms. The molecule has 204 valence electrons. The van der Waals surface area contributed by atoms with E-state index >= 15 is 0 Å². The van der Waals surface area contributed by atoms with Crippen LogP contribution >= 0.6 is 0 Å². The van der Waals surface area contributed by atoms with Crippen LogP contribution in [0, 0.1) is 16.7 Å². The Kier molecular flexibility index (Phi) is 5.61. The van der Waals surface area contributed by atoms with Crippen molar-refractivity contribution in [1.29, 1.82) is 5.26 Å². The molecule has 0 saturated carbocycles. The molecule has 0 unspecified atom stereocenters. The molecule has 0 saturated heterocycles. The molecular formula is C40H27NO2. The maximum absolute atomic E-state index is 13.7. The molecule has 0 heterocycles. The van der Waals surface area contributed by atoms with Crippen molar-refractivity contribution in [2.45, 2.75) is 12.8 Å². The number of carbonyl (C=O) groups excluding carboxylic acids is 1. The maximum atomic E-state index is 13.7. The highest BCUT2D eigenvalue weighted by atomic mass is 16.5. The van der Waals surface area contributed by atoms with Crippen LogP contribution in [0.1, 0.15) is 11.1 Å². The Balaban J connectivity index is 1.26. The standard InChI is InChI=1S/C40H27NO2/c1-2-17-43-39(42)40(24-41,22-25-18-31-13-9-27-5-3-6-28-10-14-32(19-25)37(31)35(27)28)23-26-20-33-15-11-29-7-4-8-30-12-16-34(21-26)38(33)36(29)30/h2-16,18-21H,1,17,22-23H2. The van der Waals surface area contributed by atoms with Crippen molar-refractivity contribution in [1.82, 2.24) is 0 Å². The lowest BCUT2D eigenvalue weighted by molar-refractivity contribution is -0.151. The van der Waals surface area contributed by atoms with Crippen molar-refractivity contribution >= 4 is 70.6 Å².